The van der Waals surface area contributed by atoms with Crippen molar-refractivity contribution in [3.8, 4) is 5.75 Å². The molecule has 0 aromatic heterocycles. The average Bonchev–Trinajstić information content (AvgIpc) is 2.83. The second kappa shape index (κ2) is 2.72. The first-order chi connectivity index (χ1) is 8.80. The zero-order valence-corrected chi connectivity index (χ0v) is 10.3. The fourth-order valence-corrected chi connectivity index (χ4v) is 4.55. The molecule has 2 nitrogen and oxygen atoms in total. The highest BCUT2D eigenvalue weighted by atomic mass is 16.5. The second-order valence-electron chi connectivity index (χ2n) is 5.88. The molecule has 0 amide bonds. The molecule has 4 atom stereocenters. The summed E-state index contributed by atoms with van der Waals surface area (Å²) in [5.74, 6) is 1.10. The first-order valence-electron chi connectivity index (χ1n) is 6.76. The highest BCUT2D eigenvalue weighted by Gasteiger charge is 2.61. The van der Waals surface area contributed by atoms with Crippen molar-refractivity contribution in [2.24, 2.45) is 0 Å². The lowest BCUT2D eigenvalue weighted by Gasteiger charge is -2.42. The summed E-state index contributed by atoms with van der Waals surface area (Å²) in [6.45, 7) is 2.28. The molecule has 2 bridgehead atoms. The Labute approximate surface area is 106 Å². The number of piperidine rings is 1. The van der Waals surface area contributed by atoms with Crippen LogP contribution in [0, 0.1) is 0 Å². The maximum absolute atomic E-state index is 6.19. The fraction of sp³-hybridized carbons (Fsp3) is 0.375. The number of fused-ring (bicyclic) bond motifs is 2. The van der Waals surface area contributed by atoms with Crippen LogP contribution in [0.3, 0.4) is 0 Å². The van der Waals surface area contributed by atoms with E-state index in [-0.39, 0.29) is 11.5 Å². The average molecular weight is 237 g/mol. The van der Waals surface area contributed by atoms with Gasteiger partial charge in [0.25, 0.3) is 0 Å². The molecule has 0 radical (unpaired) electrons. The van der Waals surface area contributed by atoms with Crippen molar-refractivity contribution in [3.05, 3.63) is 53.1 Å². The number of rotatable bonds is 0. The van der Waals surface area contributed by atoms with Crippen LogP contribution in [0.15, 0.2) is 42.0 Å². The Morgan fingerprint density at radius 3 is 3.28 bits per heavy atom. The summed E-state index contributed by atoms with van der Waals surface area (Å²) < 4.78 is 6.19. The van der Waals surface area contributed by atoms with E-state index in [0.29, 0.717) is 12.1 Å². The van der Waals surface area contributed by atoms with E-state index >= 15 is 0 Å². The standard InChI is InChI=1S/C16H15NO/c1-9-11-5-3-7-14-16(11)8-12(17-9)10-4-2-6-13(18-14)15(10)16/h2-7,9,12,14,17H,8H2,1H3/t9-,12?,14?,16-/m1/s1. The minimum absolute atomic E-state index is 0.135. The topological polar surface area (TPSA) is 21.3 Å². The summed E-state index contributed by atoms with van der Waals surface area (Å²) >= 11 is 0. The summed E-state index contributed by atoms with van der Waals surface area (Å²) in [5.41, 5.74) is 4.57. The zero-order valence-electron chi connectivity index (χ0n) is 10.3. The maximum Gasteiger partial charge on any atom is 0.131 e. The third-order valence-corrected chi connectivity index (χ3v) is 5.14. The van der Waals surface area contributed by atoms with Crippen LogP contribution in [0.4, 0.5) is 0 Å². The van der Waals surface area contributed by atoms with Gasteiger partial charge in [0.2, 0.25) is 0 Å². The molecule has 4 aliphatic rings. The van der Waals surface area contributed by atoms with Gasteiger partial charge in [-0.15, -0.1) is 0 Å². The van der Waals surface area contributed by atoms with Crippen molar-refractivity contribution in [1.82, 2.24) is 5.32 Å². The van der Waals surface area contributed by atoms with Crippen molar-refractivity contribution in [1.29, 1.82) is 0 Å². The minimum Gasteiger partial charge on any atom is -0.485 e. The molecule has 2 unspecified atom stereocenters. The first-order valence-corrected chi connectivity index (χ1v) is 6.76. The molecule has 2 aliphatic heterocycles. The van der Waals surface area contributed by atoms with E-state index < -0.39 is 0 Å². The van der Waals surface area contributed by atoms with Gasteiger partial charge in [0.15, 0.2) is 0 Å². The van der Waals surface area contributed by atoms with Gasteiger partial charge < -0.3 is 10.1 Å². The van der Waals surface area contributed by atoms with E-state index in [1.165, 1.54) is 16.7 Å². The van der Waals surface area contributed by atoms with Crippen LogP contribution in [-0.4, -0.2) is 12.1 Å². The van der Waals surface area contributed by atoms with E-state index in [1.54, 1.807) is 0 Å². The van der Waals surface area contributed by atoms with E-state index in [1.807, 2.05) is 0 Å². The number of hydrogen-bond donors (Lipinski definition) is 1. The maximum atomic E-state index is 6.19. The Balaban J connectivity index is 1.91. The number of ether oxygens (including phenoxy) is 1. The predicted octanol–water partition coefficient (Wildman–Crippen LogP) is 2.62. The van der Waals surface area contributed by atoms with Gasteiger partial charge >= 0.3 is 0 Å². The third-order valence-electron chi connectivity index (χ3n) is 5.14. The van der Waals surface area contributed by atoms with E-state index in [4.69, 9.17) is 4.74 Å². The van der Waals surface area contributed by atoms with E-state index in [0.717, 1.165) is 12.2 Å². The lowest BCUT2D eigenvalue weighted by atomic mass is 9.66. The van der Waals surface area contributed by atoms with Gasteiger partial charge in [-0.05, 0) is 36.6 Å². The Morgan fingerprint density at radius 2 is 2.33 bits per heavy atom. The molecule has 2 aliphatic carbocycles. The third kappa shape index (κ3) is 0.793. The smallest absolute Gasteiger partial charge is 0.131 e. The Kier molecular flexibility index (Phi) is 1.42. The van der Waals surface area contributed by atoms with Crippen molar-refractivity contribution in [3.63, 3.8) is 0 Å². The lowest BCUT2D eigenvalue weighted by molar-refractivity contribution is 0.174. The minimum atomic E-state index is 0.135. The first kappa shape index (κ1) is 9.40. The number of nitrogens with one attached hydrogen (secondary N) is 1. The zero-order chi connectivity index (χ0) is 11.9. The molecule has 2 heteroatoms. The fourth-order valence-electron chi connectivity index (χ4n) is 4.55. The van der Waals surface area contributed by atoms with Crippen molar-refractivity contribution in [2.45, 2.75) is 36.9 Å². The highest BCUT2D eigenvalue weighted by molar-refractivity contribution is 5.64. The van der Waals surface area contributed by atoms with Gasteiger partial charge in [-0.1, -0.05) is 24.3 Å². The van der Waals surface area contributed by atoms with Crippen LogP contribution in [0.25, 0.3) is 0 Å². The quantitative estimate of drug-likeness (QED) is 0.749. The normalized spacial score (nSPS) is 41.4. The summed E-state index contributed by atoms with van der Waals surface area (Å²) in [6.07, 6.45) is 8.06. The summed E-state index contributed by atoms with van der Waals surface area (Å²) in [4.78, 5) is 0. The molecule has 90 valence electrons. The molecular formula is C16H15NO. The molecule has 1 aromatic carbocycles. The molecule has 1 fully saturated rings. The van der Waals surface area contributed by atoms with Crippen molar-refractivity contribution < 1.29 is 4.74 Å². The van der Waals surface area contributed by atoms with Crippen LogP contribution >= 0.6 is 0 Å². The summed E-state index contributed by atoms with van der Waals surface area (Å²) in [5, 5.41) is 3.75. The van der Waals surface area contributed by atoms with Crippen LogP contribution in [0.2, 0.25) is 0 Å². The van der Waals surface area contributed by atoms with Crippen LogP contribution in [0.5, 0.6) is 5.75 Å². The van der Waals surface area contributed by atoms with Crippen molar-refractivity contribution >= 4 is 0 Å². The molecule has 1 spiro atoms. The molecular weight excluding hydrogens is 222 g/mol. The molecule has 1 N–H and O–H groups in total. The van der Waals surface area contributed by atoms with Crippen molar-refractivity contribution in [2.75, 3.05) is 0 Å². The molecule has 1 aromatic rings. The lowest BCUT2D eigenvalue weighted by Crippen LogP contribution is -2.50. The number of benzene rings is 1. The number of hydrogen-bond acceptors (Lipinski definition) is 2. The van der Waals surface area contributed by atoms with Gasteiger partial charge in [-0.25, -0.2) is 0 Å². The SMILES string of the molecule is C[C@H]1NC2C[C@@]34C1=CC=CC3Oc1cccc2c14. The van der Waals surface area contributed by atoms with E-state index in [2.05, 4.69) is 48.7 Å². The molecule has 18 heavy (non-hydrogen) atoms. The molecule has 0 saturated carbocycles. The summed E-state index contributed by atoms with van der Waals surface area (Å²) in [7, 11) is 0. The largest absolute Gasteiger partial charge is 0.485 e. The van der Waals surface area contributed by atoms with Gasteiger partial charge in [-0.3, -0.25) is 0 Å². The molecule has 2 heterocycles. The Bertz CT molecular complexity index is 630. The highest BCUT2D eigenvalue weighted by Crippen LogP contribution is 2.63. The van der Waals surface area contributed by atoms with Crippen LogP contribution in [0.1, 0.15) is 30.5 Å². The monoisotopic (exact) mass is 237 g/mol. The van der Waals surface area contributed by atoms with Crippen LogP contribution in [-0.2, 0) is 5.41 Å². The Hall–Kier alpha value is -1.54. The summed E-state index contributed by atoms with van der Waals surface area (Å²) in [6, 6.07) is 7.47. The van der Waals surface area contributed by atoms with Gasteiger partial charge in [0.05, 0.1) is 5.41 Å². The molecule has 5 rings (SSSR count). The second-order valence-corrected chi connectivity index (χ2v) is 5.88. The predicted molar refractivity (Wildman–Crippen MR) is 69.7 cm³/mol. The van der Waals surface area contributed by atoms with Gasteiger partial charge in [-0.2, -0.15) is 0 Å². The molecule has 1 saturated heterocycles. The van der Waals surface area contributed by atoms with Crippen LogP contribution < -0.4 is 10.1 Å². The Morgan fingerprint density at radius 1 is 1.39 bits per heavy atom. The van der Waals surface area contributed by atoms with Gasteiger partial charge in [0, 0.05) is 17.6 Å². The number of allylic oxidation sites excluding steroid dienone is 2. The van der Waals surface area contributed by atoms with Gasteiger partial charge in [0.1, 0.15) is 11.9 Å². The van der Waals surface area contributed by atoms with E-state index in [9.17, 15) is 0 Å².